The van der Waals surface area contributed by atoms with E-state index in [0.29, 0.717) is 18.2 Å². The summed E-state index contributed by atoms with van der Waals surface area (Å²) in [5.74, 6) is 2.27. The van der Waals surface area contributed by atoms with Gasteiger partial charge >= 0.3 is 0 Å². The number of carbonyl (C=O) groups excluding carboxylic acids is 1. The summed E-state index contributed by atoms with van der Waals surface area (Å²) in [4.78, 5) is 12.1. The van der Waals surface area contributed by atoms with E-state index in [0.717, 1.165) is 36.7 Å². The molecule has 1 aliphatic carbocycles. The lowest BCUT2D eigenvalue weighted by Crippen LogP contribution is -2.26. The van der Waals surface area contributed by atoms with Crippen LogP contribution in [0.3, 0.4) is 0 Å². The summed E-state index contributed by atoms with van der Waals surface area (Å²) in [6.45, 7) is 1.35. The number of amides is 1. The Labute approximate surface area is 122 Å². The number of aromatic amines is 1. The predicted molar refractivity (Wildman–Crippen MR) is 74.7 cm³/mol. The Kier molecular flexibility index (Phi) is 2.98. The van der Waals surface area contributed by atoms with E-state index in [1.165, 1.54) is 19.3 Å². The van der Waals surface area contributed by atoms with Crippen molar-refractivity contribution in [1.29, 1.82) is 0 Å². The zero-order valence-corrected chi connectivity index (χ0v) is 11.8. The lowest BCUT2D eigenvalue weighted by Gasteiger charge is -2.14. The summed E-state index contributed by atoms with van der Waals surface area (Å²) in [5.41, 5.74) is 1.52. The highest BCUT2D eigenvalue weighted by atomic mass is 16.1. The van der Waals surface area contributed by atoms with Crippen molar-refractivity contribution < 1.29 is 4.79 Å². The molecule has 7 heteroatoms. The summed E-state index contributed by atoms with van der Waals surface area (Å²) in [6.07, 6.45) is 5.67. The number of aromatic nitrogens is 5. The van der Waals surface area contributed by atoms with Gasteiger partial charge in [-0.3, -0.25) is 9.89 Å². The lowest BCUT2D eigenvalue weighted by molar-refractivity contribution is 0.0944. The first kappa shape index (κ1) is 12.6. The summed E-state index contributed by atoms with van der Waals surface area (Å²) >= 11 is 0. The molecule has 1 saturated carbocycles. The van der Waals surface area contributed by atoms with Gasteiger partial charge in [-0.25, -0.2) is 0 Å². The molecule has 0 bridgehead atoms. The first-order valence-electron chi connectivity index (χ1n) is 7.56. The average molecular weight is 286 g/mol. The van der Waals surface area contributed by atoms with E-state index in [1.807, 2.05) is 6.07 Å². The topological polar surface area (TPSA) is 88.5 Å². The molecule has 2 N–H and O–H groups in total. The highest BCUT2D eigenvalue weighted by molar-refractivity contribution is 5.92. The third-order valence-corrected chi connectivity index (χ3v) is 4.19. The Balaban J connectivity index is 1.41. The van der Waals surface area contributed by atoms with Crippen molar-refractivity contribution in [2.75, 3.05) is 0 Å². The van der Waals surface area contributed by atoms with Crippen molar-refractivity contribution >= 4 is 5.91 Å². The summed E-state index contributed by atoms with van der Waals surface area (Å²) in [5, 5.41) is 18.3. The first-order valence-corrected chi connectivity index (χ1v) is 7.56. The predicted octanol–water partition coefficient (Wildman–Crippen LogP) is 1.14. The van der Waals surface area contributed by atoms with Gasteiger partial charge in [0.25, 0.3) is 5.91 Å². The fourth-order valence-electron chi connectivity index (χ4n) is 2.81. The Morgan fingerprint density at radius 2 is 2.29 bits per heavy atom. The molecule has 110 valence electrons. The van der Waals surface area contributed by atoms with E-state index in [4.69, 9.17) is 0 Å². The number of carbonyl (C=O) groups is 1. The van der Waals surface area contributed by atoms with Crippen LogP contribution in [0.15, 0.2) is 6.07 Å². The van der Waals surface area contributed by atoms with Crippen LogP contribution in [-0.2, 0) is 19.5 Å². The van der Waals surface area contributed by atoms with Gasteiger partial charge in [0.15, 0.2) is 5.82 Å². The van der Waals surface area contributed by atoms with E-state index in [9.17, 15) is 4.79 Å². The van der Waals surface area contributed by atoms with Crippen LogP contribution in [0, 0.1) is 0 Å². The van der Waals surface area contributed by atoms with Gasteiger partial charge in [0.05, 0.1) is 6.54 Å². The summed E-state index contributed by atoms with van der Waals surface area (Å²) < 4.78 is 2.12. The van der Waals surface area contributed by atoms with Crippen LogP contribution in [0.2, 0.25) is 0 Å². The maximum Gasteiger partial charge on any atom is 0.272 e. The molecule has 0 spiro atoms. The third-order valence-electron chi connectivity index (χ3n) is 4.19. The molecular formula is C14H18N6O. The van der Waals surface area contributed by atoms with Crippen LogP contribution in [0.25, 0.3) is 0 Å². The molecule has 7 nitrogen and oxygen atoms in total. The molecule has 1 amide bonds. The second-order valence-corrected chi connectivity index (χ2v) is 5.81. The Bertz CT molecular complexity index is 669. The molecule has 2 aromatic heterocycles. The van der Waals surface area contributed by atoms with Crippen LogP contribution in [-0.4, -0.2) is 30.9 Å². The number of H-pyrrole nitrogens is 1. The van der Waals surface area contributed by atoms with Gasteiger partial charge in [-0.1, -0.05) is 0 Å². The minimum absolute atomic E-state index is 0.161. The van der Waals surface area contributed by atoms with Crippen molar-refractivity contribution in [2.24, 2.45) is 0 Å². The van der Waals surface area contributed by atoms with E-state index in [-0.39, 0.29) is 5.91 Å². The van der Waals surface area contributed by atoms with Gasteiger partial charge in [-0.15, -0.1) is 10.2 Å². The van der Waals surface area contributed by atoms with Crippen LogP contribution in [0.1, 0.15) is 59.4 Å². The van der Waals surface area contributed by atoms with Gasteiger partial charge in [0, 0.05) is 24.6 Å². The van der Waals surface area contributed by atoms with Crippen LogP contribution < -0.4 is 5.32 Å². The number of nitrogens with one attached hydrogen (secondary N) is 2. The number of hydrogen-bond donors (Lipinski definition) is 2. The SMILES string of the molecule is O=C(NCc1nnc2n1CCCC2)c1cc(C2CC2)[nH]n1. The lowest BCUT2D eigenvalue weighted by atomic mass is 10.2. The molecule has 0 aromatic carbocycles. The summed E-state index contributed by atoms with van der Waals surface area (Å²) in [6, 6.07) is 1.85. The molecule has 21 heavy (non-hydrogen) atoms. The van der Waals surface area contributed by atoms with Crippen LogP contribution >= 0.6 is 0 Å². The molecular weight excluding hydrogens is 268 g/mol. The Morgan fingerprint density at radius 1 is 1.38 bits per heavy atom. The third kappa shape index (κ3) is 2.43. The smallest absolute Gasteiger partial charge is 0.272 e. The number of nitrogens with zero attached hydrogens (tertiary/aromatic N) is 4. The second-order valence-electron chi connectivity index (χ2n) is 5.81. The molecule has 1 aliphatic heterocycles. The Hall–Kier alpha value is -2.18. The van der Waals surface area contributed by atoms with E-state index in [2.05, 4.69) is 30.3 Å². The van der Waals surface area contributed by atoms with E-state index >= 15 is 0 Å². The van der Waals surface area contributed by atoms with Crippen molar-refractivity contribution in [3.05, 3.63) is 29.1 Å². The molecule has 0 radical (unpaired) electrons. The maximum absolute atomic E-state index is 12.1. The first-order chi connectivity index (χ1) is 10.3. The largest absolute Gasteiger partial charge is 0.343 e. The summed E-state index contributed by atoms with van der Waals surface area (Å²) in [7, 11) is 0. The van der Waals surface area contributed by atoms with Gasteiger partial charge < -0.3 is 9.88 Å². The minimum Gasteiger partial charge on any atom is -0.343 e. The molecule has 0 atom stereocenters. The highest BCUT2D eigenvalue weighted by Crippen LogP contribution is 2.38. The van der Waals surface area contributed by atoms with Gasteiger partial charge in [-0.2, -0.15) is 5.10 Å². The van der Waals surface area contributed by atoms with E-state index < -0.39 is 0 Å². The molecule has 2 aliphatic rings. The number of fused-ring (bicyclic) bond motifs is 1. The maximum atomic E-state index is 12.1. The number of hydrogen-bond acceptors (Lipinski definition) is 4. The van der Waals surface area contributed by atoms with Crippen LogP contribution in [0.5, 0.6) is 0 Å². The fraction of sp³-hybridized carbons (Fsp3) is 0.571. The number of aryl methyl sites for hydroxylation is 1. The van der Waals surface area contributed by atoms with Crippen LogP contribution in [0.4, 0.5) is 0 Å². The Morgan fingerprint density at radius 3 is 3.14 bits per heavy atom. The molecule has 4 rings (SSSR count). The van der Waals surface area contributed by atoms with Gasteiger partial charge in [-0.05, 0) is 31.7 Å². The molecule has 0 saturated heterocycles. The molecule has 2 aromatic rings. The number of rotatable bonds is 4. The average Bonchev–Trinajstić information content (AvgIpc) is 3.11. The zero-order chi connectivity index (χ0) is 14.2. The molecule has 0 unspecified atom stereocenters. The van der Waals surface area contributed by atoms with Crippen molar-refractivity contribution in [3.63, 3.8) is 0 Å². The standard InChI is InChI=1S/C14H18N6O/c21-14(11-7-10(16-17-11)9-4-5-9)15-8-13-19-18-12-3-1-2-6-20(12)13/h7,9H,1-6,8H2,(H,15,21)(H,16,17). The highest BCUT2D eigenvalue weighted by Gasteiger charge is 2.26. The monoisotopic (exact) mass is 286 g/mol. The molecule has 3 heterocycles. The van der Waals surface area contributed by atoms with Crippen molar-refractivity contribution in [3.8, 4) is 0 Å². The second kappa shape index (κ2) is 4.98. The van der Waals surface area contributed by atoms with Gasteiger partial charge in [0.2, 0.25) is 0 Å². The van der Waals surface area contributed by atoms with E-state index in [1.54, 1.807) is 0 Å². The van der Waals surface area contributed by atoms with Crippen molar-refractivity contribution in [2.45, 2.75) is 51.1 Å². The zero-order valence-electron chi connectivity index (χ0n) is 11.8. The minimum atomic E-state index is -0.161. The quantitative estimate of drug-likeness (QED) is 0.882. The fourth-order valence-corrected chi connectivity index (χ4v) is 2.81. The molecule has 1 fully saturated rings. The van der Waals surface area contributed by atoms with Gasteiger partial charge in [0.1, 0.15) is 11.5 Å². The normalized spacial score (nSPS) is 17.5. The van der Waals surface area contributed by atoms with Crippen molar-refractivity contribution in [1.82, 2.24) is 30.3 Å².